The maximum Gasteiger partial charge on any atom is 0.226 e. The third-order valence-corrected chi connectivity index (χ3v) is 5.45. The summed E-state index contributed by atoms with van der Waals surface area (Å²) in [6.07, 6.45) is -1.06. The zero-order chi connectivity index (χ0) is 21.3. The summed E-state index contributed by atoms with van der Waals surface area (Å²) in [7, 11) is 0. The maximum absolute atomic E-state index is 10.3. The number of rotatable bonds is 7. The average Bonchev–Trinajstić information content (AvgIpc) is 3.28. The van der Waals surface area contributed by atoms with Gasteiger partial charge in [-0.3, -0.25) is 4.57 Å². The number of hydrogen-bond donors (Lipinski definition) is 4. The first kappa shape index (κ1) is 21.0. The highest BCUT2D eigenvalue weighted by molar-refractivity contribution is 6.28. The molecule has 4 rings (SSSR count). The van der Waals surface area contributed by atoms with Gasteiger partial charge in [-0.1, -0.05) is 30.3 Å². The van der Waals surface area contributed by atoms with Crippen molar-refractivity contribution in [3.05, 3.63) is 47.5 Å². The van der Waals surface area contributed by atoms with Crippen LogP contribution in [0.5, 0.6) is 0 Å². The molecule has 0 amide bonds. The summed E-state index contributed by atoms with van der Waals surface area (Å²) in [4.78, 5) is 12.9. The molecule has 2 aromatic heterocycles. The molecular formula is C20H24ClN5O4. The molecule has 1 aliphatic heterocycles. The van der Waals surface area contributed by atoms with Crippen molar-refractivity contribution in [2.75, 3.05) is 11.9 Å². The Balaban J connectivity index is 1.55. The van der Waals surface area contributed by atoms with E-state index in [0.29, 0.717) is 17.0 Å². The molecule has 1 fully saturated rings. The Morgan fingerprint density at radius 2 is 1.97 bits per heavy atom. The number of fused-ring (bicyclic) bond motifs is 1. The number of halogens is 1. The summed E-state index contributed by atoms with van der Waals surface area (Å²) in [5.74, 6) is 0.482. The monoisotopic (exact) mass is 433 g/mol. The fraction of sp³-hybridized carbons (Fsp3) is 0.450. The zero-order valence-corrected chi connectivity index (χ0v) is 17.1. The van der Waals surface area contributed by atoms with Crippen LogP contribution in [-0.2, 0) is 11.2 Å². The van der Waals surface area contributed by atoms with Crippen LogP contribution in [0.1, 0.15) is 25.1 Å². The number of aromatic nitrogens is 4. The van der Waals surface area contributed by atoms with Crippen molar-refractivity contribution in [2.24, 2.45) is 0 Å². The highest BCUT2D eigenvalue weighted by Gasteiger charge is 2.44. The van der Waals surface area contributed by atoms with Gasteiger partial charge < -0.3 is 25.4 Å². The number of nitrogens with zero attached hydrogens (tertiary/aromatic N) is 4. The second-order valence-corrected chi connectivity index (χ2v) is 7.80. The van der Waals surface area contributed by atoms with Crippen LogP contribution in [0.3, 0.4) is 0 Å². The summed E-state index contributed by atoms with van der Waals surface area (Å²) >= 11 is 6.14. The van der Waals surface area contributed by atoms with Gasteiger partial charge in [0.15, 0.2) is 23.2 Å². The van der Waals surface area contributed by atoms with Gasteiger partial charge in [0.05, 0.1) is 12.9 Å². The Labute approximate surface area is 178 Å². The predicted molar refractivity (Wildman–Crippen MR) is 111 cm³/mol. The van der Waals surface area contributed by atoms with Gasteiger partial charge >= 0.3 is 0 Å². The summed E-state index contributed by atoms with van der Waals surface area (Å²) in [6.45, 7) is 1.64. The van der Waals surface area contributed by atoms with Gasteiger partial charge in [-0.2, -0.15) is 9.97 Å². The van der Waals surface area contributed by atoms with Gasteiger partial charge in [0.25, 0.3) is 0 Å². The highest BCUT2D eigenvalue weighted by atomic mass is 35.5. The van der Waals surface area contributed by atoms with E-state index in [1.165, 1.54) is 16.5 Å². The van der Waals surface area contributed by atoms with Crippen molar-refractivity contribution >= 4 is 28.6 Å². The van der Waals surface area contributed by atoms with Crippen LogP contribution in [0.15, 0.2) is 36.7 Å². The maximum atomic E-state index is 10.3. The number of ether oxygens (including phenoxy) is 1. The molecule has 30 heavy (non-hydrogen) atoms. The Kier molecular flexibility index (Phi) is 6.16. The highest BCUT2D eigenvalue weighted by Crippen LogP contribution is 2.32. The molecule has 160 valence electrons. The minimum Gasteiger partial charge on any atom is -0.394 e. The standard InChI is InChI=1S/C20H24ClN5O4/c1-11(7-8-12-5-3-2-4-6-12)23-17-14-18(25-20(21)24-17)26(10-22-14)19-16(29)15(28)13(9-27)30-19/h2-6,10-11,13,15-16,19,27-29H,7-9H2,1H3,(H,23,24,25)/t11?,13-,15?,16?,19-/m1/s1. The van der Waals surface area contributed by atoms with Crippen molar-refractivity contribution in [3.63, 3.8) is 0 Å². The van der Waals surface area contributed by atoms with Gasteiger partial charge in [-0.15, -0.1) is 0 Å². The molecule has 1 aromatic carbocycles. The smallest absolute Gasteiger partial charge is 0.226 e. The number of imidazole rings is 1. The first-order valence-corrected chi connectivity index (χ1v) is 10.2. The van der Waals surface area contributed by atoms with Gasteiger partial charge in [-0.25, -0.2) is 4.98 Å². The number of aryl methyl sites for hydroxylation is 1. The van der Waals surface area contributed by atoms with Crippen molar-refractivity contribution in [1.29, 1.82) is 0 Å². The molecule has 3 unspecified atom stereocenters. The van der Waals surface area contributed by atoms with Crippen LogP contribution in [0, 0.1) is 0 Å². The largest absolute Gasteiger partial charge is 0.394 e. The van der Waals surface area contributed by atoms with Crippen LogP contribution >= 0.6 is 11.6 Å². The molecule has 0 bridgehead atoms. The van der Waals surface area contributed by atoms with E-state index in [2.05, 4.69) is 32.4 Å². The van der Waals surface area contributed by atoms with Gasteiger partial charge in [-0.05, 0) is 36.9 Å². The Hall–Kier alpha value is -2.30. The molecule has 0 aliphatic carbocycles. The van der Waals surface area contributed by atoms with Crippen molar-refractivity contribution in [1.82, 2.24) is 19.5 Å². The fourth-order valence-corrected chi connectivity index (χ4v) is 3.78. The molecule has 0 spiro atoms. The molecule has 1 saturated heterocycles. The second kappa shape index (κ2) is 8.83. The van der Waals surface area contributed by atoms with Crippen LogP contribution in [-0.4, -0.2) is 65.8 Å². The van der Waals surface area contributed by atoms with Crippen LogP contribution in [0.25, 0.3) is 11.2 Å². The van der Waals surface area contributed by atoms with E-state index in [4.69, 9.17) is 16.3 Å². The summed E-state index contributed by atoms with van der Waals surface area (Å²) in [6, 6.07) is 10.3. The van der Waals surface area contributed by atoms with E-state index in [1.54, 1.807) is 0 Å². The van der Waals surface area contributed by atoms with E-state index in [1.807, 2.05) is 25.1 Å². The number of aliphatic hydroxyl groups excluding tert-OH is 3. The molecule has 0 radical (unpaired) electrons. The minimum atomic E-state index is -1.24. The lowest BCUT2D eigenvalue weighted by molar-refractivity contribution is -0.0511. The number of benzene rings is 1. The van der Waals surface area contributed by atoms with Gasteiger partial charge in [0.2, 0.25) is 5.28 Å². The molecule has 0 saturated carbocycles. The number of hydrogen-bond acceptors (Lipinski definition) is 8. The van der Waals surface area contributed by atoms with E-state index < -0.39 is 31.1 Å². The first-order chi connectivity index (χ1) is 14.5. The lowest BCUT2D eigenvalue weighted by atomic mass is 10.1. The number of nitrogens with one attached hydrogen (secondary N) is 1. The Bertz CT molecular complexity index is 1000. The second-order valence-electron chi connectivity index (χ2n) is 7.46. The molecule has 9 nitrogen and oxygen atoms in total. The third-order valence-electron chi connectivity index (χ3n) is 5.28. The lowest BCUT2D eigenvalue weighted by Gasteiger charge is -2.17. The quantitative estimate of drug-likeness (QED) is 0.413. The SMILES string of the molecule is CC(CCc1ccccc1)Nc1nc(Cl)nc2c1ncn2[C@@H]1O[C@H](CO)C(O)C1O. The Morgan fingerprint density at radius 1 is 1.20 bits per heavy atom. The van der Waals surface area contributed by atoms with Crippen LogP contribution in [0.2, 0.25) is 5.28 Å². The third kappa shape index (κ3) is 4.12. The first-order valence-electron chi connectivity index (χ1n) is 9.81. The minimum absolute atomic E-state index is 0.0220. The predicted octanol–water partition coefficient (Wildman–Crippen LogP) is 1.52. The lowest BCUT2D eigenvalue weighted by Crippen LogP contribution is -2.33. The van der Waals surface area contributed by atoms with E-state index >= 15 is 0 Å². The van der Waals surface area contributed by atoms with Crippen molar-refractivity contribution in [3.8, 4) is 0 Å². The number of aliphatic hydroxyl groups is 3. The molecular weight excluding hydrogens is 410 g/mol. The van der Waals surface area contributed by atoms with E-state index in [0.717, 1.165) is 12.8 Å². The molecule has 3 aromatic rings. The van der Waals surface area contributed by atoms with Crippen LogP contribution < -0.4 is 5.32 Å². The summed E-state index contributed by atoms with van der Waals surface area (Å²) in [5.41, 5.74) is 2.09. The zero-order valence-electron chi connectivity index (χ0n) is 16.4. The molecule has 5 atom stereocenters. The molecule has 4 N–H and O–H groups in total. The van der Waals surface area contributed by atoms with Crippen molar-refractivity contribution < 1.29 is 20.1 Å². The summed E-state index contributed by atoms with van der Waals surface area (Å²) in [5, 5.41) is 33.0. The van der Waals surface area contributed by atoms with Gasteiger partial charge in [0.1, 0.15) is 18.3 Å². The number of anilines is 1. The van der Waals surface area contributed by atoms with E-state index in [-0.39, 0.29) is 11.3 Å². The normalized spacial score (nSPS) is 25.0. The molecule has 1 aliphatic rings. The van der Waals surface area contributed by atoms with Crippen LogP contribution in [0.4, 0.5) is 5.82 Å². The van der Waals surface area contributed by atoms with E-state index in [9.17, 15) is 15.3 Å². The molecule has 3 heterocycles. The topological polar surface area (TPSA) is 126 Å². The van der Waals surface area contributed by atoms with Crippen molar-refractivity contribution in [2.45, 2.75) is 50.3 Å². The summed E-state index contributed by atoms with van der Waals surface area (Å²) < 4.78 is 7.08. The average molecular weight is 434 g/mol. The Morgan fingerprint density at radius 3 is 2.67 bits per heavy atom. The van der Waals surface area contributed by atoms with Gasteiger partial charge in [0, 0.05) is 6.04 Å². The molecule has 10 heteroatoms. The fourth-order valence-electron chi connectivity index (χ4n) is 3.62.